The van der Waals surface area contributed by atoms with Gasteiger partial charge in [0, 0.05) is 24.1 Å². The second kappa shape index (κ2) is 5.10. The van der Waals surface area contributed by atoms with E-state index < -0.39 is 0 Å². The van der Waals surface area contributed by atoms with Gasteiger partial charge in [-0.2, -0.15) is 0 Å². The number of hydrogen-bond donors (Lipinski definition) is 2. The van der Waals surface area contributed by atoms with Crippen LogP contribution in [0, 0.1) is 6.92 Å². The molecular weight excluding hydrogens is 226 g/mol. The minimum absolute atomic E-state index is 0.291. The molecule has 5 heteroatoms. The Morgan fingerprint density at radius 2 is 2.11 bits per heavy atom. The highest BCUT2D eigenvalue weighted by Crippen LogP contribution is 2.23. The molecule has 0 spiro atoms. The van der Waals surface area contributed by atoms with Crippen molar-refractivity contribution in [2.24, 2.45) is 0 Å². The lowest BCUT2D eigenvalue weighted by Gasteiger charge is -2.17. The molecule has 1 fully saturated rings. The number of nitrogens with zero attached hydrogens (tertiary/aromatic N) is 3. The van der Waals surface area contributed by atoms with Gasteiger partial charge in [-0.1, -0.05) is 13.8 Å². The van der Waals surface area contributed by atoms with Crippen molar-refractivity contribution in [3.8, 4) is 0 Å². The van der Waals surface area contributed by atoms with Crippen molar-refractivity contribution in [3.63, 3.8) is 0 Å². The van der Waals surface area contributed by atoms with E-state index in [-0.39, 0.29) is 0 Å². The number of rotatable bonds is 3. The quantitative estimate of drug-likeness (QED) is 0.852. The lowest BCUT2D eigenvalue weighted by molar-refractivity contribution is 0.414. The fraction of sp³-hybridized carbons (Fsp3) is 0.692. The van der Waals surface area contributed by atoms with Gasteiger partial charge < -0.3 is 16.0 Å². The van der Waals surface area contributed by atoms with Crippen molar-refractivity contribution in [3.05, 3.63) is 11.4 Å². The summed E-state index contributed by atoms with van der Waals surface area (Å²) in [6, 6.07) is 0.461. The first-order valence-corrected chi connectivity index (χ1v) is 6.56. The van der Waals surface area contributed by atoms with Crippen molar-refractivity contribution >= 4 is 11.6 Å². The summed E-state index contributed by atoms with van der Waals surface area (Å²) >= 11 is 0. The van der Waals surface area contributed by atoms with Gasteiger partial charge >= 0.3 is 0 Å². The Hall–Kier alpha value is -1.36. The predicted molar refractivity (Wildman–Crippen MR) is 74.8 cm³/mol. The molecule has 1 saturated heterocycles. The lowest BCUT2D eigenvalue weighted by Crippen LogP contribution is -2.25. The van der Waals surface area contributed by atoms with Crippen molar-refractivity contribution in [1.29, 1.82) is 0 Å². The van der Waals surface area contributed by atoms with E-state index in [4.69, 9.17) is 5.73 Å². The lowest BCUT2D eigenvalue weighted by atomic mass is 10.2. The van der Waals surface area contributed by atoms with Crippen molar-refractivity contribution in [2.45, 2.75) is 39.2 Å². The van der Waals surface area contributed by atoms with E-state index in [1.807, 2.05) is 6.92 Å². The molecule has 0 radical (unpaired) electrons. The number of likely N-dealkylation sites (tertiary alicyclic amines) is 1. The third-order valence-electron chi connectivity index (χ3n) is 3.45. The molecule has 1 unspecified atom stereocenters. The van der Waals surface area contributed by atoms with Gasteiger partial charge in [0.15, 0.2) is 0 Å². The molecule has 0 amide bonds. The fourth-order valence-corrected chi connectivity index (χ4v) is 2.20. The second-order valence-electron chi connectivity index (χ2n) is 5.49. The summed E-state index contributed by atoms with van der Waals surface area (Å²) in [4.78, 5) is 11.3. The molecule has 0 bridgehead atoms. The summed E-state index contributed by atoms with van der Waals surface area (Å²) in [5.74, 6) is 2.58. The molecule has 1 aliphatic heterocycles. The van der Waals surface area contributed by atoms with Crippen LogP contribution in [0.15, 0.2) is 0 Å². The first-order valence-electron chi connectivity index (χ1n) is 6.56. The zero-order valence-electron chi connectivity index (χ0n) is 11.7. The van der Waals surface area contributed by atoms with Crippen LogP contribution in [0.4, 0.5) is 11.6 Å². The summed E-state index contributed by atoms with van der Waals surface area (Å²) in [6.45, 7) is 8.32. The Morgan fingerprint density at radius 1 is 1.39 bits per heavy atom. The topological polar surface area (TPSA) is 67.1 Å². The fourth-order valence-electron chi connectivity index (χ4n) is 2.20. The van der Waals surface area contributed by atoms with E-state index in [1.54, 1.807) is 0 Å². The molecule has 100 valence electrons. The third kappa shape index (κ3) is 2.72. The molecule has 1 aromatic heterocycles. The molecular formula is C13H23N5. The highest BCUT2D eigenvalue weighted by atomic mass is 15.2. The van der Waals surface area contributed by atoms with Gasteiger partial charge in [0.25, 0.3) is 0 Å². The van der Waals surface area contributed by atoms with Crippen LogP contribution in [0.25, 0.3) is 0 Å². The van der Waals surface area contributed by atoms with Crippen LogP contribution >= 0.6 is 0 Å². The SMILES string of the molecule is Cc1c(N)nc(C(C)C)nc1NC1CCN(C)C1. The Labute approximate surface area is 109 Å². The molecule has 2 heterocycles. The Balaban J connectivity index is 2.21. The zero-order chi connectivity index (χ0) is 13.3. The molecule has 5 nitrogen and oxygen atoms in total. The van der Waals surface area contributed by atoms with Crippen LogP contribution in [-0.4, -0.2) is 41.0 Å². The molecule has 3 N–H and O–H groups in total. The Bertz CT molecular complexity index is 430. The number of nitrogens with two attached hydrogens (primary N) is 1. The number of hydrogen-bond acceptors (Lipinski definition) is 5. The average molecular weight is 249 g/mol. The van der Waals surface area contributed by atoms with Crippen LogP contribution < -0.4 is 11.1 Å². The number of likely N-dealkylation sites (N-methyl/N-ethyl adjacent to an activating group) is 1. The molecule has 1 aromatic rings. The smallest absolute Gasteiger partial charge is 0.135 e. The van der Waals surface area contributed by atoms with Crippen molar-refractivity contribution in [1.82, 2.24) is 14.9 Å². The van der Waals surface area contributed by atoms with Gasteiger partial charge in [-0.05, 0) is 26.9 Å². The molecule has 0 aliphatic carbocycles. The maximum absolute atomic E-state index is 5.96. The van der Waals surface area contributed by atoms with Gasteiger partial charge in [0.1, 0.15) is 17.5 Å². The van der Waals surface area contributed by atoms with Crippen LogP contribution in [-0.2, 0) is 0 Å². The monoisotopic (exact) mass is 249 g/mol. The minimum atomic E-state index is 0.291. The van der Waals surface area contributed by atoms with Crippen molar-refractivity contribution in [2.75, 3.05) is 31.2 Å². The molecule has 2 rings (SSSR count). The summed E-state index contributed by atoms with van der Waals surface area (Å²) in [5.41, 5.74) is 6.91. The first kappa shape index (κ1) is 13.1. The molecule has 1 atom stereocenters. The highest BCUT2D eigenvalue weighted by Gasteiger charge is 2.21. The third-order valence-corrected chi connectivity index (χ3v) is 3.45. The van der Waals surface area contributed by atoms with E-state index in [0.717, 1.165) is 36.7 Å². The number of nitrogen functional groups attached to an aromatic ring is 1. The van der Waals surface area contributed by atoms with E-state index >= 15 is 0 Å². The van der Waals surface area contributed by atoms with E-state index in [1.165, 1.54) is 0 Å². The average Bonchev–Trinajstić information content (AvgIpc) is 2.70. The van der Waals surface area contributed by atoms with Crippen LogP contribution in [0.2, 0.25) is 0 Å². The van der Waals surface area contributed by atoms with Gasteiger partial charge in [-0.15, -0.1) is 0 Å². The Kier molecular flexibility index (Phi) is 3.71. The maximum atomic E-state index is 5.96. The normalized spacial score (nSPS) is 20.6. The summed E-state index contributed by atoms with van der Waals surface area (Å²) in [7, 11) is 2.14. The predicted octanol–water partition coefficient (Wildman–Crippen LogP) is 1.61. The zero-order valence-corrected chi connectivity index (χ0v) is 11.7. The summed E-state index contributed by atoms with van der Waals surface area (Å²) < 4.78 is 0. The first-order chi connectivity index (χ1) is 8.47. The van der Waals surface area contributed by atoms with Crippen LogP contribution in [0.1, 0.15) is 37.6 Å². The Morgan fingerprint density at radius 3 is 2.67 bits per heavy atom. The van der Waals surface area contributed by atoms with Crippen molar-refractivity contribution < 1.29 is 0 Å². The summed E-state index contributed by atoms with van der Waals surface area (Å²) in [6.07, 6.45) is 1.15. The molecule has 0 aromatic carbocycles. The van der Waals surface area contributed by atoms with Crippen LogP contribution in [0.3, 0.4) is 0 Å². The number of anilines is 2. The summed E-state index contributed by atoms with van der Waals surface area (Å²) in [5, 5.41) is 3.50. The van der Waals surface area contributed by atoms with Gasteiger partial charge in [-0.3, -0.25) is 0 Å². The van der Waals surface area contributed by atoms with E-state index in [9.17, 15) is 0 Å². The van der Waals surface area contributed by atoms with Gasteiger partial charge in [0.05, 0.1) is 0 Å². The van der Waals surface area contributed by atoms with Gasteiger partial charge in [0.2, 0.25) is 0 Å². The standard InChI is InChI=1S/C13H23N5/c1-8(2)12-16-11(14)9(3)13(17-12)15-10-5-6-18(4)7-10/h8,10H,5-7H2,1-4H3,(H3,14,15,16,17). The number of aromatic nitrogens is 2. The second-order valence-corrected chi connectivity index (χ2v) is 5.49. The minimum Gasteiger partial charge on any atom is -0.383 e. The molecule has 18 heavy (non-hydrogen) atoms. The number of nitrogens with one attached hydrogen (secondary N) is 1. The van der Waals surface area contributed by atoms with E-state index in [2.05, 4.69) is 41.1 Å². The van der Waals surface area contributed by atoms with Gasteiger partial charge in [-0.25, -0.2) is 9.97 Å². The maximum Gasteiger partial charge on any atom is 0.135 e. The largest absolute Gasteiger partial charge is 0.383 e. The van der Waals surface area contributed by atoms with Crippen LogP contribution in [0.5, 0.6) is 0 Å². The van der Waals surface area contributed by atoms with E-state index in [0.29, 0.717) is 17.8 Å². The molecule has 0 saturated carbocycles. The molecule has 1 aliphatic rings. The highest BCUT2D eigenvalue weighted by molar-refractivity contribution is 5.55.